The minimum atomic E-state index is 0.368. The Morgan fingerprint density at radius 1 is 1.36 bits per heavy atom. The molecule has 1 aromatic rings. The Balaban J connectivity index is 2.31. The van der Waals surface area contributed by atoms with Gasteiger partial charge in [0.15, 0.2) is 0 Å². The van der Waals surface area contributed by atoms with Crippen molar-refractivity contribution in [2.24, 2.45) is 5.73 Å². The van der Waals surface area contributed by atoms with Gasteiger partial charge in [0.2, 0.25) is 0 Å². The molecule has 0 bridgehead atoms. The summed E-state index contributed by atoms with van der Waals surface area (Å²) in [7, 11) is 0. The highest BCUT2D eigenvalue weighted by Crippen LogP contribution is 2.39. The van der Waals surface area contributed by atoms with E-state index in [1.165, 1.54) is 15.6 Å². The second kappa shape index (κ2) is 4.37. The van der Waals surface area contributed by atoms with Crippen LogP contribution in [0.15, 0.2) is 18.2 Å². The summed E-state index contributed by atoms with van der Waals surface area (Å²) in [5, 5.41) is 0.899. The summed E-state index contributed by atoms with van der Waals surface area (Å²) >= 11 is 8.57. The average molecular weight is 322 g/mol. The van der Waals surface area contributed by atoms with Gasteiger partial charge in [0.1, 0.15) is 0 Å². The Labute approximate surface area is 103 Å². The molecular formula is C11H13ClIN. The van der Waals surface area contributed by atoms with E-state index in [1.54, 1.807) is 0 Å². The van der Waals surface area contributed by atoms with Crippen molar-refractivity contribution in [3.63, 3.8) is 0 Å². The molecule has 1 aromatic carbocycles. The maximum absolute atomic E-state index is 6.21. The van der Waals surface area contributed by atoms with Crippen molar-refractivity contribution in [3.8, 4) is 0 Å². The lowest BCUT2D eigenvalue weighted by Crippen LogP contribution is -2.14. The molecule has 1 aliphatic rings. The highest BCUT2D eigenvalue weighted by atomic mass is 127. The van der Waals surface area contributed by atoms with E-state index < -0.39 is 0 Å². The molecule has 1 aliphatic carbocycles. The highest BCUT2D eigenvalue weighted by Gasteiger charge is 2.26. The van der Waals surface area contributed by atoms with E-state index in [1.807, 2.05) is 12.1 Å². The monoisotopic (exact) mass is 321 g/mol. The second-order valence-electron chi connectivity index (χ2n) is 3.91. The molecule has 0 heterocycles. The van der Waals surface area contributed by atoms with Crippen LogP contribution in [-0.2, 0) is 0 Å². The fourth-order valence-electron chi connectivity index (χ4n) is 2.18. The van der Waals surface area contributed by atoms with Crippen LogP contribution in [0.1, 0.15) is 30.7 Å². The third kappa shape index (κ3) is 2.07. The smallest absolute Gasteiger partial charge is 0.0451 e. The van der Waals surface area contributed by atoms with Gasteiger partial charge >= 0.3 is 0 Å². The van der Waals surface area contributed by atoms with Crippen LogP contribution in [0.2, 0.25) is 5.02 Å². The maximum atomic E-state index is 6.21. The zero-order valence-electron chi connectivity index (χ0n) is 7.84. The summed E-state index contributed by atoms with van der Waals surface area (Å²) in [5.74, 6) is 0.575. The molecule has 2 unspecified atom stereocenters. The minimum Gasteiger partial charge on any atom is -0.328 e. The van der Waals surface area contributed by atoms with Gasteiger partial charge in [0.05, 0.1) is 0 Å². The largest absolute Gasteiger partial charge is 0.328 e. The summed E-state index contributed by atoms with van der Waals surface area (Å²) in [6.07, 6.45) is 3.40. The third-order valence-electron chi connectivity index (χ3n) is 2.88. The van der Waals surface area contributed by atoms with Crippen LogP contribution in [0.3, 0.4) is 0 Å². The zero-order valence-corrected chi connectivity index (χ0v) is 10.8. The highest BCUT2D eigenvalue weighted by molar-refractivity contribution is 14.1. The molecule has 1 saturated carbocycles. The second-order valence-corrected chi connectivity index (χ2v) is 5.47. The van der Waals surface area contributed by atoms with Crippen molar-refractivity contribution >= 4 is 34.2 Å². The predicted molar refractivity (Wildman–Crippen MR) is 68.7 cm³/mol. The first-order chi connectivity index (χ1) is 6.68. The molecule has 2 rings (SSSR count). The molecule has 2 N–H and O–H groups in total. The fourth-order valence-corrected chi connectivity index (χ4v) is 3.61. The summed E-state index contributed by atoms with van der Waals surface area (Å²) in [5.41, 5.74) is 7.23. The summed E-state index contributed by atoms with van der Waals surface area (Å²) in [6, 6.07) is 6.46. The Bertz CT molecular complexity index is 320. The van der Waals surface area contributed by atoms with Gasteiger partial charge < -0.3 is 5.73 Å². The van der Waals surface area contributed by atoms with E-state index in [0.29, 0.717) is 12.0 Å². The van der Waals surface area contributed by atoms with Gasteiger partial charge in [-0.05, 0) is 65.5 Å². The predicted octanol–water partition coefficient (Wildman–Crippen LogP) is 3.54. The molecule has 0 spiro atoms. The van der Waals surface area contributed by atoms with Crippen molar-refractivity contribution in [2.45, 2.75) is 31.2 Å². The zero-order chi connectivity index (χ0) is 10.1. The number of halogens is 2. The van der Waals surface area contributed by atoms with Crippen LogP contribution in [0.4, 0.5) is 0 Å². The van der Waals surface area contributed by atoms with E-state index in [4.69, 9.17) is 17.3 Å². The van der Waals surface area contributed by atoms with Gasteiger partial charge in [-0.15, -0.1) is 0 Å². The van der Waals surface area contributed by atoms with E-state index in [9.17, 15) is 0 Å². The first-order valence-electron chi connectivity index (χ1n) is 4.88. The Hall–Kier alpha value is 0.200. The van der Waals surface area contributed by atoms with E-state index >= 15 is 0 Å². The van der Waals surface area contributed by atoms with Gasteiger partial charge in [0.25, 0.3) is 0 Å². The summed E-state index contributed by atoms with van der Waals surface area (Å²) in [4.78, 5) is 0. The SMILES string of the molecule is NC1CCC(c2c(Cl)cccc2I)C1. The normalized spacial score (nSPS) is 26.8. The van der Waals surface area contributed by atoms with Crippen LogP contribution in [0.25, 0.3) is 0 Å². The molecule has 0 radical (unpaired) electrons. The van der Waals surface area contributed by atoms with Gasteiger partial charge in [-0.25, -0.2) is 0 Å². The lowest BCUT2D eigenvalue weighted by Gasteiger charge is -2.14. The van der Waals surface area contributed by atoms with Crippen molar-refractivity contribution < 1.29 is 0 Å². The lowest BCUT2D eigenvalue weighted by atomic mass is 9.97. The lowest BCUT2D eigenvalue weighted by molar-refractivity contribution is 0.673. The topological polar surface area (TPSA) is 26.0 Å². The van der Waals surface area contributed by atoms with E-state index in [-0.39, 0.29) is 0 Å². The van der Waals surface area contributed by atoms with Crippen molar-refractivity contribution in [1.82, 2.24) is 0 Å². The first kappa shape index (κ1) is 10.7. The van der Waals surface area contributed by atoms with Crippen LogP contribution in [-0.4, -0.2) is 6.04 Å². The number of nitrogens with two attached hydrogens (primary N) is 1. The molecule has 0 aromatic heterocycles. The molecule has 0 aliphatic heterocycles. The van der Waals surface area contributed by atoms with Crippen molar-refractivity contribution in [2.75, 3.05) is 0 Å². The number of benzene rings is 1. The Morgan fingerprint density at radius 2 is 2.14 bits per heavy atom. The summed E-state index contributed by atoms with van der Waals surface area (Å²) < 4.78 is 1.27. The minimum absolute atomic E-state index is 0.368. The Morgan fingerprint density at radius 3 is 2.71 bits per heavy atom. The van der Waals surface area contributed by atoms with Gasteiger partial charge in [-0.2, -0.15) is 0 Å². The van der Waals surface area contributed by atoms with Crippen LogP contribution >= 0.6 is 34.2 Å². The molecule has 1 fully saturated rings. The summed E-state index contributed by atoms with van der Waals surface area (Å²) in [6.45, 7) is 0. The van der Waals surface area contributed by atoms with Crippen LogP contribution in [0.5, 0.6) is 0 Å². The van der Waals surface area contributed by atoms with E-state index in [2.05, 4.69) is 28.7 Å². The Kier molecular flexibility index (Phi) is 3.34. The fraction of sp³-hybridized carbons (Fsp3) is 0.455. The van der Waals surface area contributed by atoms with Crippen molar-refractivity contribution in [3.05, 3.63) is 32.4 Å². The number of hydrogen-bond donors (Lipinski definition) is 1. The number of rotatable bonds is 1. The molecule has 3 heteroatoms. The molecule has 1 nitrogen and oxygen atoms in total. The van der Waals surface area contributed by atoms with Crippen molar-refractivity contribution in [1.29, 1.82) is 0 Å². The first-order valence-corrected chi connectivity index (χ1v) is 6.33. The van der Waals surface area contributed by atoms with Gasteiger partial charge in [-0.3, -0.25) is 0 Å². The molecule has 0 amide bonds. The number of hydrogen-bond acceptors (Lipinski definition) is 1. The molecule has 2 atom stereocenters. The van der Waals surface area contributed by atoms with E-state index in [0.717, 1.165) is 17.9 Å². The van der Waals surface area contributed by atoms with Gasteiger partial charge in [0, 0.05) is 14.6 Å². The van der Waals surface area contributed by atoms with Crippen LogP contribution in [0, 0.1) is 3.57 Å². The molecule has 76 valence electrons. The standard InChI is InChI=1S/C11H13ClIN/c12-9-2-1-3-10(13)11(9)7-4-5-8(14)6-7/h1-3,7-8H,4-6,14H2. The maximum Gasteiger partial charge on any atom is 0.0451 e. The average Bonchev–Trinajstić information content (AvgIpc) is 2.51. The third-order valence-corrected chi connectivity index (χ3v) is 4.15. The van der Waals surface area contributed by atoms with Crippen LogP contribution < -0.4 is 5.73 Å². The molecule has 0 saturated heterocycles. The molecular weight excluding hydrogens is 308 g/mol. The quantitative estimate of drug-likeness (QED) is 0.787. The molecule has 14 heavy (non-hydrogen) atoms. The van der Waals surface area contributed by atoms with Gasteiger partial charge in [-0.1, -0.05) is 17.7 Å².